The van der Waals surface area contributed by atoms with Crippen LogP contribution in [-0.2, 0) is 4.79 Å². The molecule has 1 amide bonds. The molecule has 1 heterocycles. The highest BCUT2D eigenvalue weighted by molar-refractivity contribution is 14.1. The Hall–Kier alpha value is -1.47. The Morgan fingerprint density at radius 3 is 3.11 bits per heavy atom. The quantitative estimate of drug-likeness (QED) is 0.296. The third-order valence-electron chi connectivity index (χ3n) is 2.89. The summed E-state index contributed by atoms with van der Waals surface area (Å²) < 4.78 is 1.03. The van der Waals surface area contributed by atoms with Gasteiger partial charge in [-0.2, -0.15) is 0 Å². The van der Waals surface area contributed by atoms with Crippen LogP contribution in [0.1, 0.15) is 6.42 Å². The van der Waals surface area contributed by atoms with E-state index < -0.39 is 0 Å². The summed E-state index contributed by atoms with van der Waals surface area (Å²) in [6, 6.07) is 5.59. The molecule has 18 heavy (non-hydrogen) atoms. The van der Waals surface area contributed by atoms with Gasteiger partial charge in [-0.25, -0.2) is 0 Å². The summed E-state index contributed by atoms with van der Waals surface area (Å²) in [5.41, 5.74) is 15.5. The Bertz CT molecular complexity index is 526. The Kier molecular flexibility index (Phi) is 3.93. The van der Waals surface area contributed by atoms with Crippen molar-refractivity contribution in [3.8, 4) is 0 Å². The molecule has 7 heteroatoms. The Labute approximate surface area is 118 Å². The van der Waals surface area contributed by atoms with Gasteiger partial charge in [0.2, 0.25) is 5.91 Å². The van der Waals surface area contributed by atoms with Gasteiger partial charge in [0, 0.05) is 28.0 Å². The maximum absolute atomic E-state index is 11.9. The molecule has 1 aliphatic rings. The number of amides is 1. The van der Waals surface area contributed by atoms with Crippen molar-refractivity contribution < 1.29 is 4.79 Å². The van der Waals surface area contributed by atoms with Crippen LogP contribution in [0.3, 0.4) is 0 Å². The predicted molar refractivity (Wildman–Crippen MR) is 78.0 cm³/mol. The summed E-state index contributed by atoms with van der Waals surface area (Å²) in [6.45, 7) is 0.907. The summed E-state index contributed by atoms with van der Waals surface area (Å²) in [5, 5.41) is 3.53. The topological polar surface area (TPSA) is 95.1 Å². The van der Waals surface area contributed by atoms with Crippen molar-refractivity contribution in [2.24, 2.45) is 11.0 Å². The number of hydrogen-bond acceptors (Lipinski definition) is 3. The lowest BCUT2D eigenvalue weighted by molar-refractivity contribution is -0.117. The van der Waals surface area contributed by atoms with Crippen molar-refractivity contribution in [3.63, 3.8) is 0 Å². The van der Waals surface area contributed by atoms with Crippen LogP contribution < -0.4 is 10.6 Å². The number of nitrogen functional groups attached to an aromatic ring is 1. The number of anilines is 2. The molecule has 6 nitrogen and oxygen atoms in total. The molecule has 0 aliphatic carbocycles. The molecule has 1 aromatic carbocycles. The van der Waals surface area contributed by atoms with E-state index in [0.29, 0.717) is 25.2 Å². The molecule has 1 atom stereocenters. The minimum absolute atomic E-state index is 0.0295. The summed E-state index contributed by atoms with van der Waals surface area (Å²) >= 11 is 2.18. The molecule has 0 spiro atoms. The third-order valence-corrected chi connectivity index (χ3v) is 3.56. The lowest BCUT2D eigenvalue weighted by Crippen LogP contribution is -2.25. The highest BCUT2D eigenvalue weighted by Gasteiger charge is 2.31. The van der Waals surface area contributed by atoms with E-state index in [1.54, 1.807) is 11.0 Å². The van der Waals surface area contributed by atoms with Crippen molar-refractivity contribution >= 4 is 39.9 Å². The zero-order chi connectivity index (χ0) is 13.1. The van der Waals surface area contributed by atoms with Gasteiger partial charge in [-0.1, -0.05) is 5.11 Å². The van der Waals surface area contributed by atoms with Crippen molar-refractivity contribution in [1.29, 1.82) is 0 Å². The second kappa shape index (κ2) is 5.45. The van der Waals surface area contributed by atoms with E-state index >= 15 is 0 Å². The first kappa shape index (κ1) is 13.0. The minimum Gasteiger partial charge on any atom is -0.397 e. The van der Waals surface area contributed by atoms with E-state index in [4.69, 9.17) is 11.3 Å². The van der Waals surface area contributed by atoms with Crippen molar-refractivity contribution in [2.45, 2.75) is 6.42 Å². The second-order valence-electron chi connectivity index (χ2n) is 4.19. The van der Waals surface area contributed by atoms with Crippen LogP contribution in [0.15, 0.2) is 23.3 Å². The van der Waals surface area contributed by atoms with Crippen LogP contribution in [0.2, 0.25) is 0 Å². The number of nitrogens with zero attached hydrogens (tertiary/aromatic N) is 4. The fourth-order valence-corrected chi connectivity index (χ4v) is 2.51. The molecule has 0 radical (unpaired) electrons. The van der Waals surface area contributed by atoms with Crippen LogP contribution in [0, 0.1) is 9.49 Å². The van der Waals surface area contributed by atoms with Crippen molar-refractivity contribution in [1.82, 2.24) is 0 Å². The average molecular weight is 357 g/mol. The second-order valence-corrected chi connectivity index (χ2v) is 5.44. The smallest absolute Gasteiger partial charge is 0.227 e. The van der Waals surface area contributed by atoms with Gasteiger partial charge >= 0.3 is 0 Å². The zero-order valence-corrected chi connectivity index (χ0v) is 11.7. The van der Waals surface area contributed by atoms with Crippen LogP contribution in [0.25, 0.3) is 10.4 Å². The van der Waals surface area contributed by atoms with Gasteiger partial charge in [0.1, 0.15) is 0 Å². The maximum Gasteiger partial charge on any atom is 0.227 e. The molecule has 0 bridgehead atoms. The molecular weight excluding hydrogens is 345 g/mol. The highest BCUT2D eigenvalue weighted by atomic mass is 127. The zero-order valence-electron chi connectivity index (χ0n) is 9.58. The van der Waals surface area contributed by atoms with Crippen molar-refractivity contribution in [3.05, 3.63) is 32.2 Å². The number of carbonyl (C=O) groups excluding carboxylic acids is 1. The minimum atomic E-state index is 0.0295. The highest BCUT2D eigenvalue weighted by Crippen LogP contribution is 2.31. The molecule has 1 saturated heterocycles. The summed E-state index contributed by atoms with van der Waals surface area (Å²) in [4.78, 5) is 16.3. The van der Waals surface area contributed by atoms with Crippen LogP contribution in [0.5, 0.6) is 0 Å². The van der Waals surface area contributed by atoms with E-state index in [-0.39, 0.29) is 11.8 Å². The van der Waals surface area contributed by atoms with Gasteiger partial charge < -0.3 is 10.6 Å². The lowest BCUT2D eigenvalue weighted by Gasteiger charge is -2.18. The van der Waals surface area contributed by atoms with Gasteiger partial charge in [-0.15, -0.1) is 0 Å². The molecule has 1 aromatic rings. The van der Waals surface area contributed by atoms with Gasteiger partial charge in [0.15, 0.2) is 0 Å². The number of benzene rings is 1. The molecule has 0 saturated carbocycles. The molecule has 1 fully saturated rings. The number of hydrogen-bond donors (Lipinski definition) is 1. The largest absolute Gasteiger partial charge is 0.397 e. The van der Waals surface area contributed by atoms with Crippen molar-refractivity contribution in [2.75, 3.05) is 23.7 Å². The fraction of sp³-hybridized carbons (Fsp3) is 0.364. The molecule has 1 unspecified atom stereocenters. The Morgan fingerprint density at radius 2 is 2.39 bits per heavy atom. The fourth-order valence-electron chi connectivity index (χ4n) is 2.04. The monoisotopic (exact) mass is 357 g/mol. The summed E-state index contributed by atoms with van der Waals surface area (Å²) in [5.74, 6) is 0.104. The van der Waals surface area contributed by atoms with E-state index in [2.05, 4.69) is 32.6 Å². The third kappa shape index (κ3) is 2.68. The van der Waals surface area contributed by atoms with Crippen LogP contribution in [0.4, 0.5) is 11.4 Å². The van der Waals surface area contributed by atoms with Crippen LogP contribution in [-0.4, -0.2) is 19.0 Å². The molecule has 0 aromatic heterocycles. The standard InChI is InChI=1S/C11H12IN5O/c12-8-1-2-9(13)10(4-8)17-6-7(3-11(17)18)5-15-16-14/h1-2,4,7H,3,5-6,13H2. The molecule has 94 valence electrons. The normalized spacial score (nSPS) is 18.8. The first-order valence-corrected chi connectivity index (χ1v) is 6.56. The van der Waals surface area contributed by atoms with E-state index in [9.17, 15) is 4.79 Å². The maximum atomic E-state index is 11.9. The Morgan fingerprint density at radius 1 is 1.61 bits per heavy atom. The summed E-state index contributed by atoms with van der Waals surface area (Å²) in [7, 11) is 0. The van der Waals surface area contributed by atoms with E-state index in [1.165, 1.54) is 0 Å². The number of azide groups is 1. The molecule has 1 aliphatic heterocycles. The predicted octanol–water partition coefficient (Wildman–Crippen LogP) is 2.54. The SMILES string of the molecule is [N-]=[N+]=NCC1CC(=O)N(c2cc(I)ccc2N)C1. The van der Waals surface area contributed by atoms with Gasteiger partial charge in [0.25, 0.3) is 0 Å². The van der Waals surface area contributed by atoms with Gasteiger partial charge in [-0.3, -0.25) is 4.79 Å². The van der Waals surface area contributed by atoms with E-state index in [1.807, 2.05) is 12.1 Å². The number of nitrogens with two attached hydrogens (primary N) is 1. The molecule has 2 rings (SSSR count). The number of halogens is 1. The molecule has 2 N–H and O–H groups in total. The molecular formula is C11H12IN5O. The Balaban J connectivity index is 2.21. The number of rotatable bonds is 3. The summed E-state index contributed by atoms with van der Waals surface area (Å²) in [6.07, 6.45) is 0.407. The lowest BCUT2D eigenvalue weighted by atomic mass is 10.1. The van der Waals surface area contributed by atoms with E-state index in [0.717, 1.165) is 9.26 Å². The first-order chi connectivity index (χ1) is 8.61. The number of carbonyl (C=O) groups is 1. The first-order valence-electron chi connectivity index (χ1n) is 5.48. The average Bonchev–Trinajstić information content (AvgIpc) is 2.71. The van der Waals surface area contributed by atoms with Gasteiger partial charge in [-0.05, 0) is 52.2 Å². The van der Waals surface area contributed by atoms with Gasteiger partial charge in [0.05, 0.1) is 11.4 Å². The van der Waals surface area contributed by atoms with Crippen LogP contribution >= 0.6 is 22.6 Å².